The second-order valence-electron chi connectivity index (χ2n) is 6.65. The predicted molar refractivity (Wildman–Crippen MR) is 97.5 cm³/mol. The summed E-state index contributed by atoms with van der Waals surface area (Å²) in [6.45, 7) is 1.16. The first-order valence-electron chi connectivity index (χ1n) is 8.54. The highest BCUT2D eigenvalue weighted by molar-refractivity contribution is 6.31. The van der Waals surface area contributed by atoms with E-state index in [1.54, 1.807) is 4.90 Å². The molecule has 0 aliphatic carbocycles. The maximum atomic E-state index is 13.4. The van der Waals surface area contributed by atoms with Crippen molar-refractivity contribution in [1.29, 1.82) is 0 Å². The lowest BCUT2D eigenvalue weighted by Gasteiger charge is -2.31. The van der Waals surface area contributed by atoms with E-state index in [0.29, 0.717) is 24.0 Å². The summed E-state index contributed by atoms with van der Waals surface area (Å²) >= 11 is 6.04. The van der Waals surface area contributed by atoms with Gasteiger partial charge in [0.15, 0.2) is 11.6 Å². The number of hydrogen-bond donors (Lipinski definition) is 1. The van der Waals surface area contributed by atoms with Crippen LogP contribution in [0.4, 0.5) is 8.78 Å². The maximum Gasteiger partial charge on any atom is 0.253 e. The van der Waals surface area contributed by atoms with Crippen molar-refractivity contribution in [3.63, 3.8) is 0 Å². The lowest BCUT2D eigenvalue weighted by molar-refractivity contribution is 0.0711. The fourth-order valence-electron chi connectivity index (χ4n) is 3.55. The van der Waals surface area contributed by atoms with E-state index in [4.69, 9.17) is 11.6 Å². The second-order valence-corrected chi connectivity index (χ2v) is 7.09. The molecule has 3 nitrogen and oxygen atoms in total. The van der Waals surface area contributed by atoms with Gasteiger partial charge < -0.3 is 9.88 Å². The monoisotopic (exact) mass is 374 g/mol. The predicted octanol–water partition coefficient (Wildman–Crippen LogP) is 5.12. The van der Waals surface area contributed by atoms with Crippen molar-refractivity contribution in [3.05, 3.63) is 70.4 Å². The number of carbonyl (C=O) groups is 1. The Morgan fingerprint density at radius 1 is 1.04 bits per heavy atom. The fourth-order valence-corrected chi connectivity index (χ4v) is 3.73. The summed E-state index contributed by atoms with van der Waals surface area (Å²) in [4.78, 5) is 17.6. The first-order chi connectivity index (χ1) is 12.5. The molecule has 0 spiro atoms. The summed E-state index contributed by atoms with van der Waals surface area (Å²) < 4.78 is 26.4. The lowest BCUT2D eigenvalue weighted by atomic mass is 9.93. The van der Waals surface area contributed by atoms with E-state index in [0.717, 1.165) is 41.6 Å². The average Bonchev–Trinajstić information content (AvgIpc) is 3.06. The van der Waals surface area contributed by atoms with Crippen LogP contribution in [0.5, 0.6) is 0 Å². The van der Waals surface area contributed by atoms with Gasteiger partial charge in [0, 0.05) is 46.2 Å². The minimum atomic E-state index is -0.998. The molecule has 0 unspecified atom stereocenters. The van der Waals surface area contributed by atoms with E-state index in [1.165, 1.54) is 6.07 Å². The van der Waals surface area contributed by atoms with E-state index in [9.17, 15) is 13.6 Å². The van der Waals surface area contributed by atoms with Gasteiger partial charge in [-0.15, -0.1) is 0 Å². The van der Waals surface area contributed by atoms with Crippen LogP contribution in [0, 0.1) is 11.6 Å². The molecule has 1 aliphatic heterocycles. The van der Waals surface area contributed by atoms with Crippen molar-refractivity contribution in [2.24, 2.45) is 0 Å². The number of hydrogen-bond acceptors (Lipinski definition) is 1. The van der Waals surface area contributed by atoms with Gasteiger partial charge in [-0.1, -0.05) is 11.6 Å². The Bertz CT molecular complexity index is 977. The lowest BCUT2D eigenvalue weighted by Crippen LogP contribution is -2.38. The summed E-state index contributed by atoms with van der Waals surface area (Å²) in [5, 5.41) is 1.78. The van der Waals surface area contributed by atoms with Crippen LogP contribution in [-0.2, 0) is 0 Å². The van der Waals surface area contributed by atoms with Crippen LogP contribution in [0.1, 0.15) is 34.8 Å². The van der Waals surface area contributed by atoms with E-state index >= 15 is 0 Å². The fraction of sp³-hybridized carbons (Fsp3) is 0.250. The molecule has 1 fully saturated rings. The van der Waals surface area contributed by atoms with E-state index in [1.807, 2.05) is 18.2 Å². The van der Waals surface area contributed by atoms with Crippen LogP contribution < -0.4 is 0 Å². The molecule has 0 bridgehead atoms. The van der Waals surface area contributed by atoms with Gasteiger partial charge in [-0.25, -0.2) is 8.78 Å². The van der Waals surface area contributed by atoms with Gasteiger partial charge in [0.1, 0.15) is 0 Å². The highest BCUT2D eigenvalue weighted by Gasteiger charge is 2.26. The Balaban J connectivity index is 1.46. The molecule has 0 saturated carbocycles. The molecular weight excluding hydrogens is 358 g/mol. The molecule has 1 N–H and O–H groups in total. The molecule has 6 heteroatoms. The summed E-state index contributed by atoms with van der Waals surface area (Å²) in [5.41, 5.74) is 2.37. The van der Waals surface area contributed by atoms with Crippen molar-refractivity contribution >= 4 is 28.4 Å². The number of likely N-dealkylation sites (tertiary alicyclic amines) is 1. The zero-order valence-corrected chi connectivity index (χ0v) is 14.7. The maximum absolute atomic E-state index is 13.4. The van der Waals surface area contributed by atoms with Crippen molar-refractivity contribution in [1.82, 2.24) is 9.88 Å². The highest BCUT2D eigenvalue weighted by atomic mass is 35.5. The number of rotatable bonds is 2. The molecule has 2 heterocycles. The number of H-pyrrole nitrogens is 1. The summed E-state index contributed by atoms with van der Waals surface area (Å²) in [5.74, 6) is -1.87. The molecule has 1 aliphatic rings. The van der Waals surface area contributed by atoms with Gasteiger partial charge >= 0.3 is 0 Å². The molecule has 0 radical (unpaired) electrons. The van der Waals surface area contributed by atoms with Crippen LogP contribution >= 0.6 is 11.6 Å². The summed E-state index contributed by atoms with van der Waals surface area (Å²) in [6.07, 6.45) is 1.63. The van der Waals surface area contributed by atoms with Crippen molar-refractivity contribution in [2.75, 3.05) is 13.1 Å². The summed E-state index contributed by atoms with van der Waals surface area (Å²) in [7, 11) is 0. The number of piperidine rings is 1. The highest BCUT2D eigenvalue weighted by Crippen LogP contribution is 2.31. The van der Waals surface area contributed by atoms with Crippen LogP contribution in [0.3, 0.4) is 0 Å². The molecular formula is C20H17ClF2N2O. The van der Waals surface area contributed by atoms with Gasteiger partial charge in [-0.2, -0.15) is 0 Å². The van der Waals surface area contributed by atoms with Crippen molar-refractivity contribution < 1.29 is 13.6 Å². The number of amides is 1. The van der Waals surface area contributed by atoms with Gasteiger partial charge in [0.25, 0.3) is 5.91 Å². The molecule has 1 amide bonds. The SMILES string of the molecule is O=C(c1ccc(F)c(F)c1)N1CCC(c2cc3cc(Cl)ccc3[nH]2)CC1. The van der Waals surface area contributed by atoms with Crippen LogP contribution in [0.25, 0.3) is 10.9 Å². The third-order valence-electron chi connectivity index (χ3n) is 4.99. The number of carbonyl (C=O) groups excluding carboxylic acids is 1. The second kappa shape index (κ2) is 6.72. The smallest absolute Gasteiger partial charge is 0.253 e. The number of aromatic amines is 1. The van der Waals surface area contributed by atoms with E-state index in [-0.39, 0.29) is 11.5 Å². The number of benzene rings is 2. The first-order valence-corrected chi connectivity index (χ1v) is 8.91. The Morgan fingerprint density at radius 3 is 2.54 bits per heavy atom. The van der Waals surface area contributed by atoms with Crippen LogP contribution in [0.2, 0.25) is 5.02 Å². The molecule has 0 atom stereocenters. The topological polar surface area (TPSA) is 36.1 Å². The molecule has 1 saturated heterocycles. The standard InChI is InChI=1S/C20H17ClF2N2O/c21-15-2-4-18-14(9-15)11-19(24-18)12-5-7-25(8-6-12)20(26)13-1-3-16(22)17(23)10-13/h1-4,9-12,24H,5-8H2. The number of aromatic nitrogens is 1. The molecule has 26 heavy (non-hydrogen) atoms. The molecule has 3 aromatic rings. The minimum Gasteiger partial charge on any atom is -0.358 e. The van der Waals surface area contributed by atoms with Crippen molar-refractivity contribution in [2.45, 2.75) is 18.8 Å². The van der Waals surface area contributed by atoms with Gasteiger partial charge in [0.2, 0.25) is 0 Å². The Kier molecular flexibility index (Phi) is 4.41. The van der Waals surface area contributed by atoms with Crippen LogP contribution in [-0.4, -0.2) is 28.9 Å². The summed E-state index contributed by atoms with van der Waals surface area (Å²) in [6, 6.07) is 11.1. The van der Waals surface area contributed by atoms with Gasteiger partial charge in [-0.3, -0.25) is 4.79 Å². The molecule has 134 valence electrons. The minimum absolute atomic E-state index is 0.183. The zero-order chi connectivity index (χ0) is 18.3. The number of nitrogens with one attached hydrogen (secondary N) is 1. The van der Waals surface area contributed by atoms with Gasteiger partial charge in [0.05, 0.1) is 0 Å². The van der Waals surface area contributed by atoms with E-state index in [2.05, 4.69) is 11.1 Å². The third-order valence-corrected chi connectivity index (χ3v) is 5.23. The average molecular weight is 375 g/mol. The molecule has 2 aromatic carbocycles. The largest absolute Gasteiger partial charge is 0.358 e. The van der Waals surface area contributed by atoms with Crippen LogP contribution in [0.15, 0.2) is 42.5 Å². The molecule has 1 aromatic heterocycles. The Hall–Kier alpha value is -2.40. The Morgan fingerprint density at radius 2 is 1.81 bits per heavy atom. The number of fused-ring (bicyclic) bond motifs is 1. The Labute approximate surface area is 154 Å². The zero-order valence-electron chi connectivity index (χ0n) is 13.9. The van der Waals surface area contributed by atoms with Gasteiger partial charge in [-0.05, 0) is 55.3 Å². The van der Waals surface area contributed by atoms with Crippen molar-refractivity contribution in [3.8, 4) is 0 Å². The number of halogens is 3. The third kappa shape index (κ3) is 3.19. The quantitative estimate of drug-likeness (QED) is 0.664. The van der Waals surface area contributed by atoms with E-state index < -0.39 is 11.6 Å². The number of nitrogens with zero attached hydrogens (tertiary/aromatic N) is 1. The molecule has 4 rings (SSSR count). The normalized spacial score (nSPS) is 15.6. The first kappa shape index (κ1) is 17.0.